The number of nitrogens with one attached hydrogen (secondary N) is 1. The summed E-state index contributed by atoms with van der Waals surface area (Å²) < 4.78 is 0. The molecule has 0 spiro atoms. The van der Waals surface area contributed by atoms with Crippen molar-refractivity contribution in [1.29, 1.82) is 0 Å². The molecule has 1 aromatic heterocycles. The van der Waals surface area contributed by atoms with Crippen LogP contribution in [0.1, 0.15) is 49.2 Å². The van der Waals surface area contributed by atoms with E-state index in [1.807, 2.05) is 12.3 Å². The number of carbonyl (C=O) groups is 1. The van der Waals surface area contributed by atoms with Gasteiger partial charge in [-0.3, -0.25) is 4.79 Å². The molecule has 1 fully saturated rings. The number of carbonyl (C=O) groups excluding carboxylic acids is 1. The molecule has 122 valence electrons. The van der Waals surface area contributed by atoms with Gasteiger partial charge in [-0.25, -0.2) is 4.98 Å². The van der Waals surface area contributed by atoms with Crippen molar-refractivity contribution in [3.8, 4) is 0 Å². The molecule has 1 aliphatic carbocycles. The number of amides is 1. The molecule has 1 aliphatic rings. The summed E-state index contributed by atoms with van der Waals surface area (Å²) in [6, 6.07) is 0.747. The quantitative estimate of drug-likeness (QED) is 0.619. The Morgan fingerprint density at radius 1 is 1.45 bits per heavy atom. The summed E-state index contributed by atoms with van der Waals surface area (Å²) >= 11 is 1.59. The Bertz CT molecular complexity index is 492. The molecule has 0 aromatic carbocycles. The first-order valence-corrected chi connectivity index (χ1v) is 9.11. The Labute approximate surface area is 137 Å². The third-order valence-corrected chi connectivity index (χ3v) is 5.02. The molecule has 0 bridgehead atoms. The van der Waals surface area contributed by atoms with E-state index in [9.17, 15) is 4.79 Å². The third-order valence-electron chi connectivity index (χ3n) is 4.23. The Morgan fingerprint density at radius 3 is 2.91 bits per heavy atom. The van der Waals surface area contributed by atoms with E-state index < -0.39 is 0 Å². The van der Waals surface area contributed by atoms with Gasteiger partial charge in [-0.2, -0.15) is 0 Å². The van der Waals surface area contributed by atoms with Crippen LogP contribution in [0.3, 0.4) is 0 Å². The zero-order valence-electron chi connectivity index (χ0n) is 13.7. The standard InChI is InChI=1S/C17H27N3OS/c1-14-19-15(13-22-14)9-10-17(21)18-11-6-12-20(2)16-7-4-3-5-8-16/h9-10,13,16H,3-8,11-12H2,1-2H3,(H,18,21)/b10-9+. The van der Waals surface area contributed by atoms with Crippen molar-refractivity contribution in [1.82, 2.24) is 15.2 Å². The molecule has 1 saturated carbocycles. The van der Waals surface area contributed by atoms with E-state index in [-0.39, 0.29) is 5.91 Å². The van der Waals surface area contributed by atoms with Crippen molar-refractivity contribution >= 4 is 23.3 Å². The summed E-state index contributed by atoms with van der Waals surface area (Å²) in [5.74, 6) is -0.0361. The fraction of sp³-hybridized carbons (Fsp3) is 0.647. The lowest BCUT2D eigenvalue weighted by Gasteiger charge is -2.31. The molecule has 0 radical (unpaired) electrons. The lowest BCUT2D eigenvalue weighted by Crippen LogP contribution is -2.35. The van der Waals surface area contributed by atoms with E-state index in [2.05, 4.69) is 22.2 Å². The Kier molecular flexibility index (Phi) is 7.06. The first-order chi connectivity index (χ1) is 10.6. The molecule has 1 heterocycles. The van der Waals surface area contributed by atoms with Gasteiger partial charge in [0.2, 0.25) is 5.91 Å². The molecule has 1 aromatic rings. The number of hydrogen-bond acceptors (Lipinski definition) is 4. The molecule has 22 heavy (non-hydrogen) atoms. The van der Waals surface area contributed by atoms with Gasteiger partial charge in [0, 0.05) is 24.0 Å². The summed E-state index contributed by atoms with van der Waals surface area (Å²) in [6.45, 7) is 3.75. The maximum atomic E-state index is 11.7. The Morgan fingerprint density at radius 2 is 2.23 bits per heavy atom. The fourth-order valence-electron chi connectivity index (χ4n) is 2.92. The van der Waals surface area contributed by atoms with Crippen molar-refractivity contribution in [3.05, 3.63) is 22.2 Å². The molecule has 0 saturated heterocycles. The monoisotopic (exact) mass is 321 g/mol. The summed E-state index contributed by atoms with van der Waals surface area (Å²) in [5, 5.41) is 5.92. The van der Waals surface area contributed by atoms with Crippen LogP contribution in [-0.2, 0) is 4.79 Å². The average molecular weight is 321 g/mol. The van der Waals surface area contributed by atoms with Crippen LogP contribution in [-0.4, -0.2) is 42.0 Å². The SMILES string of the molecule is Cc1nc(/C=C/C(=O)NCCCN(C)C2CCCCC2)cs1. The van der Waals surface area contributed by atoms with Gasteiger partial charge in [0.15, 0.2) is 0 Å². The van der Waals surface area contributed by atoms with Crippen LogP contribution in [0.5, 0.6) is 0 Å². The maximum Gasteiger partial charge on any atom is 0.244 e. The molecular weight excluding hydrogens is 294 g/mol. The molecule has 2 rings (SSSR count). The minimum Gasteiger partial charge on any atom is -0.353 e. The summed E-state index contributed by atoms with van der Waals surface area (Å²) in [5.41, 5.74) is 0.856. The van der Waals surface area contributed by atoms with E-state index in [0.29, 0.717) is 0 Å². The van der Waals surface area contributed by atoms with E-state index in [1.54, 1.807) is 23.5 Å². The number of aromatic nitrogens is 1. The van der Waals surface area contributed by atoms with Crippen LogP contribution in [0.4, 0.5) is 0 Å². The van der Waals surface area contributed by atoms with Crippen LogP contribution in [0, 0.1) is 6.92 Å². The van der Waals surface area contributed by atoms with Gasteiger partial charge in [-0.15, -0.1) is 11.3 Å². The van der Waals surface area contributed by atoms with E-state index >= 15 is 0 Å². The predicted molar refractivity (Wildman–Crippen MR) is 93.0 cm³/mol. The number of thiazole rings is 1. The molecule has 1 amide bonds. The van der Waals surface area contributed by atoms with Gasteiger partial charge in [0.1, 0.15) is 0 Å². The van der Waals surface area contributed by atoms with Crippen LogP contribution in [0.15, 0.2) is 11.5 Å². The van der Waals surface area contributed by atoms with Crippen LogP contribution in [0.25, 0.3) is 6.08 Å². The van der Waals surface area contributed by atoms with Crippen LogP contribution < -0.4 is 5.32 Å². The highest BCUT2D eigenvalue weighted by Gasteiger charge is 2.17. The molecular formula is C17H27N3OS. The minimum absolute atomic E-state index is 0.0361. The summed E-state index contributed by atoms with van der Waals surface area (Å²) in [7, 11) is 2.21. The van der Waals surface area contributed by atoms with Crippen molar-refractivity contribution in [2.75, 3.05) is 20.1 Å². The van der Waals surface area contributed by atoms with Gasteiger partial charge in [-0.1, -0.05) is 19.3 Å². The molecule has 0 atom stereocenters. The molecule has 5 heteroatoms. The van der Waals surface area contributed by atoms with Gasteiger partial charge >= 0.3 is 0 Å². The normalized spacial score (nSPS) is 16.5. The van der Waals surface area contributed by atoms with Gasteiger partial charge < -0.3 is 10.2 Å². The van der Waals surface area contributed by atoms with Crippen LogP contribution in [0.2, 0.25) is 0 Å². The predicted octanol–water partition coefficient (Wildman–Crippen LogP) is 3.24. The topological polar surface area (TPSA) is 45.2 Å². The fourth-order valence-corrected chi connectivity index (χ4v) is 3.50. The van der Waals surface area contributed by atoms with Gasteiger partial charge in [0.05, 0.1) is 10.7 Å². The lowest BCUT2D eigenvalue weighted by molar-refractivity contribution is -0.116. The number of aryl methyl sites for hydroxylation is 1. The van der Waals surface area contributed by atoms with E-state index in [4.69, 9.17) is 0 Å². The first kappa shape index (κ1) is 17.2. The van der Waals surface area contributed by atoms with Crippen molar-refractivity contribution < 1.29 is 4.79 Å². The number of hydrogen-bond donors (Lipinski definition) is 1. The van der Waals surface area contributed by atoms with Crippen molar-refractivity contribution in [2.24, 2.45) is 0 Å². The zero-order valence-corrected chi connectivity index (χ0v) is 14.5. The van der Waals surface area contributed by atoms with Gasteiger partial charge in [-0.05, 0) is 45.9 Å². The maximum absolute atomic E-state index is 11.7. The summed E-state index contributed by atoms with van der Waals surface area (Å²) in [4.78, 5) is 18.5. The second-order valence-corrected chi connectivity index (χ2v) is 7.10. The second kappa shape index (κ2) is 9.06. The largest absolute Gasteiger partial charge is 0.353 e. The minimum atomic E-state index is -0.0361. The number of rotatable bonds is 7. The zero-order chi connectivity index (χ0) is 15.8. The average Bonchev–Trinajstić information content (AvgIpc) is 2.96. The summed E-state index contributed by atoms with van der Waals surface area (Å²) in [6.07, 6.45) is 11.1. The highest BCUT2D eigenvalue weighted by molar-refractivity contribution is 7.09. The second-order valence-electron chi connectivity index (χ2n) is 6.04. The Balaban J connectivity index is 1.59. The molecule has 0 aliphatic heterocycles. The molecule has 0 unspecified atom stereocenters. The highest BCUT2D eigenvalue weighted by atomic mass is 32.1. The van der Waals surface area contributed by atoms with Crippen LogP contribution >= 0.6 is 11.3 Å². The first-order valence-electron chi connectivity index (χ1n) is 8.23. The van der Waals surface area contributed by atoms with Crippen molar-refractivity contribution in [3.63, 3.8) is 0 Å². The lowest BCUT2D eigenvalue weighted by atomic mass is 9.94. The third kappa shape index (κ3) is 5.89. The Hall–Kier alpha value is -1.20. The molecule has 1 N–H and O–H groups in total. The number of nitrogens with zero attached hydrogens (tertiary/aromatic N) is 2. The van der Waals surface area contributed by atoms with E-state index in [1.165, 1.54) is 32.1 Å². The smallest absolute Gasteiger partial charge is 0.244 e. The van der Waals surface area contributed by atoms with Crippen molar-refractivity contribution in [2.45, 2.75) is 51.5 Å². The molecule has 4 nitrogen and oxygen atoms in total. The van der Waals surface area contributed by atoms with Gasteiger partial charge in [0.25, 0.3) is 0 Å². The van der Waals surface area contributed by atoms with E-state index in [0.717, 1.165) is 36.3 Å². The highest BCUT2D eigenvalue weighted by Crippen LogP contribution is 2.21.